The largest absolute Gasteiger partial charge is 0.494 e. The maximum atomic E-state index is 12.4. The van der Waals surface area contributed by atoms with Crippen molar-refractivity contribution in [3.8, 4) is 5.75 Å². The summed E-state index contributed by atoms with van der Waals surface area (Å²) in [5.41, 5.74) is 1.02. The monoisotopic (exact) mass is 291 g/mol. The standard InChI is InChI=1S/C17H25NO3/c1-2-21-16-9-7-14(8-10-16)13-17(20)18-11-3-5-15(18)6-4-12-19/h7-10,15,19H,2-6,11-13H2,1H3. The van der Waals surface area contributed by atoms with Crippen LogP contribution < -0.4 is 4.74 Å². The van der Waals surface area contributed by atoms with Crippen LogP contribution in [0.15, 0.2) is 24.3 Å². The Morgan fingerprint density at radius 2 is 2.14 bits per heavy atom. The summed E-state index contributed by atoms with van der Waals surface area (Å²) >= 11 is 0. The molecule has 1 fully saturated rings. The van der Waals surface area contributed by atoms with Crippen LogP contribution in [0.5, 0.6) is 5.75 Å². The van der Waals surface area contributed by atoms with E-state index in [9.17, 15) is 4.79 Å². The first kappa shape index (κ1) is 15.8. The molecule has 0 bridgehead atoms. The first-order valence-electron chi connectivity index (χ1n) is 7.86. The molecule has 4 heteroatoms. The first-order chi connectivity index (χ1) is 10.2. The van der Waals surface area contributed by atoms with Gasteiger partial charge in [0.05, 0.1) is 13.0 Å². The predicted molar refractivity (Wildman–Crippen MR) is 82.4 cm³/mol. The number of ether oxygens (including phenoxy) is 1. The molecule has 4 nitrogen and oxygen atoms in total. The quantitative estimate of drug-likeness (QED) is 0.839. The lowest BCUT2D eigenvalue weighted by Crippen LogP contribution is -2.36. The minimum atomic E-state index is 0.194. The van der Waals surface area contributed by atoms with E-state index < -0.39 is 0 Å². The summed E-state index contributed by atoms with van der Waals surface area (Å²) in [6.07, 6.45) is 4.27. The normalized spacial score (nSPS) is 18.0. The molecular weight excluding hydrogens is 266 g/mol. The summed E-state index contributed by atoms with van der Waals surface area (Å²) in [4.78, 5) is 14.4. The van der Waals surface area contributed by atoms with E-state index in [0.717, 1.165) is 43.5 Å². The Balaban J connectivity index is 1.90. The Labute approximate surface area is 126 Å². The molecule has 1 N–H and O–H groups in total. The van der Waals surface area contributed by atoms with Gasteiger partial charge in [0, 0.05) is 19.2 Å². The van der Waals surface area contributed by atoms with Gasteiger partial charge in [-0.15, -0.1) is 0 Å². The van der Waals surface area contributed by atoms with Gasteiger partial charge in [-0.25, -0.2) is 0 Å². The fourth-order valence-electron chi connectivity index (χ4n) is 2.94. The molecule has 1 aromatic rings. The van der Waals surface area contributed by atoms with E-state index in [-0.39, 0.29) is 12.5 Å². The Kier molecular flexibility index (Phi) is 6.05. The van der Waals surface area contributed by atoms with Crippen LogP contribution in [0.25, 0.3) is 0 Å². The summed E-state index contributed by atoms with van der Waals surface area (Å²) < 4.78 is 5.41. The van der Waals surface area contributed by atoms with Crippen molar-refractivity contribution in [3.63, 3.8) is 0 Å². The second-order valence-electron chi connectivity index (χ2n) is 5.50. The number of hydrogen-bond donors (Lipinski definition) is 1. The number of rotatable bonds is 7. The Bertz CT molecular complexity index is 444. The molecule has 1 unspecified atom stereocenters. The summed E-state index contributed by atoms with van der Waals surface area (Å²) in [7, 11) is 0. The van der Waals surface area contributed by atoms with Crippen molar-refractivity contribution in [1.29, 1.82) is 0 Å². The number of aliphatic hydroxyl groups is 1. The zero-order valence-electron chi connectivity index (χ0n) is 12.8. The van der Waals surface area contributed by atoms with Crippen LogP contribution in [-0.4, -0.2) is 41.7 Å². The topological polar surface area (TPSA) is 49.8 Å². The fraction of sp³-hybridized carbons (Fsp3) is 0.588. The van der Waals surface area contributed by atoms with Gasteiger partial charge in [-0.05, 0) is 50.3 Å². The fourth-order valence-corrected chi connectivity index (χ4v) is 2.94. The number of benzene rings is 1. The molecule has 0 aromatic heterocycles. The van der Waals surface area contributed by atoms with Crippen LogP contribution in [0, 0.1) is 0 Å². The van der Waals surface area contributed by atoms with Crippen molar-refractivity contribution in [2.75, 3.05) is 19.8 Å². The average Bonchev–Trinajstić information content (AvgIpc) is 2.96. The van der Waals surface area contributed by atoms with E-state index in [1.54, 1.807) is 0 Å². The third kappa shape index (κ3) is 4.46. The Morgan fingerprint density at radius 1 is 1.38 bits per heavy atom. The lowest BCUT2D eigenvalue weighted by Gasteiger charge is -2.24. The third-order valence-electron chi connectivity index (χ3n) is 3.98. The second kappa shape index (κ2) is 8.03. The van der Waals surface area contributed by atoms with Crippen LogP contribution in [0.4, 0.5) is 0 Å². The summed E-state index contributed by atoms with van der Waals surface area (Å²) in [6, 6.07) is 8.06. The summed E-state index contributed by atoms with van der Waals surface area (Å²) in [5, 5.41) is 8.94. The third-order valence-corrected chi connectivity index (χ3v) is 3.98. The molecule has 0 radical (unpaired) electrons. The number of likely N-dealkylation sites (tertiary alicyclic amines) is 1. The molecule has 0 spiro atoms. The van der Waals surface area contributed by atoms with Gasteiger partial charge >= 0.3 is 0 Å². The van der Waals surface area contributed by atoms with E-state index in [2.05, 4.69) is 0 Å². The van der Waals surface area contributed by atoms with E-state index in [0.29, 0.717) is 19.1 Å². The minimum Gasteiger partial charge on any atom is -0.494 e. The van der Waals surface area contributed by atoms with Crippen LogP contribution in [0.2, 0.25) is 0 Å². The van der Waals surface area contributed by atoms with Crippen LogP contribution in [0.3, 0.4) is 0 Å². The van der Waals surface area contributed by atoms with E-state index in [1.807, 2.05) is 36.1 Å². The van der Waals surface area contributed by atoms with Crippen molar-refractivity contribution < 1.29 is 14.6 Å². The molecule has 1 aromatic carbocycles. The zero-order chi connectivity index (χ0) is 15.1. The molecule has 1 aliphatic rings. The summed E-state index contributed by atoms with van der Waals surface area (Å²) in [6.45, 7) is 3.67. The molecule has 0 saturated carbocycles. The molecule has 1 saturated heterocycles. The van der Waals surface area contributed by atoms with Gasteiger partial charge in [0.15, 0.2) is 0 Å². The lowest BCUT2D eigenvalue weighted by molar-refractivity contribution is -0.131. The smallest absolute Gasteiger partial charge is 0.227 e. The van der Waals surface area contributed by atoms with Gasteiger partial charge in [-0.3, -0.25) is 4.79 Å². The maximum absolute atomic E-state index is 12.4. The van der Waals surface area contributed by atoms with Crippen molar-refractivity contribution in [1.82, 2.24) is 4.90 Å². The maximum Gasteiger partial charge on any atom is 0.227 e. The van der Waals surface area contributed by atoms with Crippen molar-refractivity contribution >= 4 is 5.91 Å². The van der Waals surface area contributed by atoms with E-state index >= 15 is 0 Å². The van der Waals surface area contributed by atoms with Gasteiger partial charge in [0.25, 0.3) is 0 Å². The lowest BCUT2D eigenvalue weighted by atomic mass is 10.1. The molecule has 116 valence electrons. The van der Waals surface area contributed by atoms with Crippen molar-refractivity contribution in [3.05, 3.63) is 29.8 Å². The van der Waals surface area contributed by atoms with Crippen molar-refractivity contribution in [2.24, 2.45) is 0 Å². The Morgan fingerprint density at radius 3 is 2.81 bits per heavy atom. The minimum absolute atomic E-state index is 0.194. The van der Waals surface area contributed by atoms with Crippen LogP contribution in [-0.2, 0) is 11.2 Å². The molecule has 1 heterocycles. The van der Waals surface area contributed by atoms with Crippen LogP contribution >= 0.6 is 0 Å². The highest BCUT2D eigenvalue weighted by Crippen LogP contribution is 2.22. The number of carbonyl (C=O) groups excluding carboxylic acids is 1. The molecule has 0 aliphatic carbocycles. The van der Waals surface area contributed by atoms with Crippen molar-refractivity contribution in [2.45, 2.75) is 45.1 Å². The van der Waals surface area contributed by atoms with E-state index in [4.69, 9.17) is 9.84 Å². The highest BCUT2D eigenvalue weighted by atomic mass is 16.5. The number of nitrogens with zero attached hydrogens (tertiary/aromatic N) is 1. The van der Waals surface area contributed by atoms with E-state index in [1.165, 1.54) is 0 Å². The number of carbonyl (C=O) groups is 1. The molecule has 1 atom stereocenters. The van der Waals surface area contributed by atoms with Crippen LogP contribution in [0.1, 0.15) is 38.2 Å². The number of hydrogen-bond acceptors (Lipinski definition) is 3. The number of aliphatic hydroxyl groups excluding tert-OH is 1. The highest BCUT2D eigenvalue weighted by Gasteiger charge is 2.27. The highest BCUT2D eigenvalue weighted by molar-refractivity contribution is 5.79. The summed E-state index contributed by atoms with van der Waals surface area (Å²) in [5.74, 6) is 1.04. The molecule has 2 rings (SSSR count). The SMILES string of the molecule is CCOc1ccc(CC(=O)N2CCCC2CCCO)cc1. The Hall–Kier alpha value is -1.55. The average molecular weight is 291 g/mol. The molecule has 1 aliphatic heterocycles. The first-order valence-corrected chi connectivity index (χ1v) is 7.86. The second-order valence-corrected chi connectivity index (χ2v) is 5.50. The van der Waals surface area contributed by atoms with Gasteiger partial charge in [0.2, 0.25) is 5.91 Å². The van der Waals surface area contributed by atoms with Gasteiger partial charge in [-0.1, -0.05) is 12.1 Å². The molecular formula is C17H25NO3. The van der Waals surface area contributed by atoms with Gasteiger partial charge in [-0.2, -0.15) is 0 Å². The molecule has 1 amide bonds. The molecule has 21 heavy (non-hydrogen) atoms. The van der Waals surface area contributed by atoms with Gasteiger partial charge in [0.1, 0.15) is 5.75 Å². The number of amides is 1. The zero-order valence-corrected chi connectivity index (χ0v) is 12.8. The predicted octanol–water partition coefficient (Wildman–Crippen LogP) is 2.39. The van der Waals surface area contributed by atoms with Gasteiger partial charge < -0.3 is 14.7 Å².